The zero-order valence-electron chi connectivity index (χ0n) is 8.75. The van der Waals surface area contributed by atoms with Gasteiger partial charge in [0.1, 0.15) is 0 Å². The lowest BCUT2D eigenvalue weighted by atomic mass is 10.1. The van der Waals surface area contributed by atoms with Gasteiger partial charge in [-0.2, -0.15) is 0 Å². The second kappa shape index (κ2) is 5.56. The van der Waals surface area contributed by atoms with E-state index in [1.807, 2.05) is 6.92 Å². The molecular weight excluding hydrogens is 202 g/mol. The van der Waals surface area contributed by atoms with Crippen LogP contribution in [0.5, 0.6) is 0 Å². The second-order valence-corrected chi connectivity index (χ2v) is 4.18. The average Bonchev–Trinajstić information content (AvgIpc) is 2.63. The Labute approximate surface area is 90.1 Å². The Balaban J connectivity index is 2.39. The van der Waals surface area contributed by atoms with Crippen LogP contribution < -0.4 is 5.32 Å². The number of methoxy groups -OCH3 is 1. The minimum atomic E-state index is -0.116. The SMILES string of the molecule is COC1CCCC1NC(=O)C(C)CCl. The molecule has 3 nitrogen and oxygen atoms in total. The van der Waals surface area contributed by atoms with Crippen molar-refractivity contribution in [2.24, 2.45) is 5.92 Å². The summed E-state index contributed by atoms with van der Waals surface area (Å²) in [6.07, 6.45) is 3.36. The molecule has 1 N–H and O–H groups in total. The zero-order chi connectivity index (χ0) is 10.6. The predicted molar refractivity (Wildman–Crippen MR) is 56.5 cm³/mol. The summed E-state index contributed by atoms with van der Waals surface area (Å²) in [5.74, 6) is 0.291. The third kappa shape index (κ3) is 2.85. The highest BCUT2D eigenvalue weighted by molar-refractivity contribution is 6.19. The standard InChI is InChI=1S/C10H18ClNO2/c1-7(6-11)10(13)12-8-4-3-5-9(8)14-2/h7-9H,3-6H2,1-2H3,(H,12,13). The first-order chi connectivity index (χ1) is 6.69. The lowest BCUT2D eigenvalue weighted by Gasteiger charge is -2.21. The van der Waals surface area contributed by atoms with Gasteiger partial charge in [0, 0.05) is 18.9 Å². The molecule has 3 atom stereocenters. The summed E-state index contributed by atoms with van der Waals surface area (Å²) >= 11 is 5.61. The second-order valence-electron chi connectivity index (χ2n) is 3.88. The van der Waals surface area contributed by atoms with E-state index >= 15 is 0 Å². The topological polar surface area (TPSA) is 38.3 Å². The predicted octanol–water partition coefficient (Wildman–Crippen LogP) is 1.54. The molecule has 0 heterocycles. The number of amides is 1. The van der Waals surface area contributed by atoms with Crippen LogP contribution in [-0.2, 0) is 9.53 Å². The van der Waals surface area contributed by atoms with Crippen molar-refractivity contribution < 1.29 is 9.53 Å². The summed E-state index contributed by atoms with van der Waals surface area (Å²) in [5, 5.41) is 2.98. The Morgan fingerprint density at radius 2 is 2.36 bits per heavy atom. The van der Waals surface area contributed by atoms with Gasteiger partial charge in [-0.3, -0.25) is 4.79 Å². The third-order valence-corrected chi connectivity index (χ3v) is 3.22. The highest BCUT2D eigenvalue weighted by Gasteiger charge is 2.29. The number of rotatable bonds is 4. The van der Waals surface area contributed by atoms with Crippen molar-refractivity contribution in [3.05, 3.63) is 0 Å². The Hall–Kier alpha value is -0.280. The number of hydrogen-bond donors (Lipinski definition) is 1. The molecule has 4 heteroatoms. The van der Waals surface area contributed by atoms with Crippen molar-refractivity contribution in [3.63, 3.8) is 0 Å². The average molecular weight is 220 g/mol. The summed E-state index contributed by atoms with van der Waals surface area (Å²) in [5.41, 5.74) is 0. The van der Waals surface area contributed by atoms with Crippen LogP contribution in [0, 0.1) is 5.92 Å². The summed E-state index contributed by atoms with van der Waals surface area (Å²) in [7, 11) is 1.69. The quantitative estimate of drug-likeness (QED) is 0.729. The van der Waals surface area contributed by atoms with Crippen molar-refractivity contribution in [1.82, 2.24) is 5.32 Å². The molecule has 82 valence electrons. The van der Waals surface area contributed by atoms with Crippen molar-refractivity contribution in [2.45, 2.75) is 38.3 Å². The van der Waals surface area contributed by atoms with E-state index in [9.17, 15) is 4.79 Å². The molecular formula is C10H18ClNO2. The third-order valence-electron chi connectivity index (χ3n) is 2.76. The van der Waals surface area contributed by atoms with Crippen LogP contribution in [-0.4, -0.2) is 31.0 Å². The van der Waals surface area contributed by atoms with Gasteiger partial charge in [-0.1, -0.05) is 6.92 Å². The molecule has 1 aliphatic rings. The lowest BCUT2D eigenvalue weighted by Crippen LogP contribution is -2.43. The molecule has 0 spiro atoms. The lowest BCUT2D eigenvalue weighted by molar-refractivity contribution is -0.125. The van der Waals surface area contributed by atoms with Crippen LogP contribution >= 0.6 is 11.6 Å². The van der Waals surface area contributed by atoms with E-state index in [0.717, 1.165) is 19.3 Å². The van der Waals surface area contributed by atoms with E-state index in [1.165, 1.54) is 0 Å². The van der Waals surface area contributed by atoms with Gasteiger partial charge >= 0.3 is 0 Å². The molecule has 1 amide bonds. The summed E-state index contributed by atoms with van der Waals surface area (Å²) in [6, 6.07) is 0.179. The Morgan fingerprint density at radius 1 is 1.64 bits per heavy atom. The number of halogens is 1. The largest absolute Gasteiger partial charge is 0.379 e. The van der Waals surface area contributed by atoms with Gasteiger partial charge in [-0.15, -0.1) is 11.6 Å². The fourth-order valence-corrected chi connectivity index (χ4v) is 1.91. The molecule has 0 aromatic heterocycles. The number of ether oxygens (including phenoxy) is 1. The molecule has 1 saturated carbocycles. The van der Waals surface area contributed by atoms with E-state index in [-0.39, 0.29) is 24.0 Å². The van der Waals surface area contributed by atoms with Gasteiger partial charge in [0.05, 0.1) is 12.1 Å². The van der Waals surface area contributed by atoms with Gasteiger partial charge in [-0.05, 0) is 19.3 Å². The van der Waals surface area contributed by atoms with Gasteiger partial charge in [-0.25, -0.2) is 0 Å². The zero-order valence-corrected chi connectivity index (χ0v) is 9.51. The number of hydrogen-bond acceptors (Lipinski definition) is 2. The van der Waals surface area contributed by atoms with Crippen molar-refractivity contribution in [1.29, 1.82) is 0 Å². The number of carbonyl (C=O) groups is 1. The molecule has 0 saturated heterocycles. The number of carbonyl (C=O) groups excluding carboxylic acids is 1. The smallest absolute Gasteiger partial charge is 0.224 e. The van der Waals surface area contributed by atoms with E-state index in [1.54, 1.807) is 7.11 Å². The van der Waals surface area contributed by atoms with E-state index < -0.39 is 0 Å². The van der Waals surface area contributed by atoms with Crippen LogP contribution in [0.25, 0.3) is 0 Å². The van der Waals surface area contributed by atoms with E-state index in [4.69, 9.17) is 16.3 Å². The summed E-state index contributed by atoms with van der Waals surface area (Å²) in [6.45, 7) is 1.83. The van der Waals surface area contributed by atoms with Gasteiger partial charge in [0.15, 0.2) is 0 Å². The summed E-state index contributed by atoms with van der Waals surface area (Å²) in [4.78, 5) is 11.5. The minimum Gasteiger partial charge on any atom is -0.379 e. The van der Waals surface area contributed by atoms with Crippen molar-refractivity contribution >= 4 is 17.5 Å². The van der Waals surface area contributed by atoms with Crippen LogP contribution in [0.4, 0.5) is 0 Å². The molecule has 0 aromatic rings. The highest BCUT2D eigenvalue weighted by Crippen LogP contribution is 2.21. The van der Waals surface area contributed by atoms with E-state index in [0.29, 0.717) is 5.88 Å². The number of alkyl halides is 1. The molecule has 1 fully saturated rings. The van der Waals surface area contributed by atoms with E-state index in [2.05, 4.69) is 5.32 Å². The van der Waals surface area contributed by atoms with Crippen molar-refractivity contribution in [3.8, 4) is 0 Å². The van der Waals surface area contributed by atoms with Gasteiger partial charge in [0.2, 0.25) is 5.91 Å². The van der Waals surface area contributed by atoms with Crippen LogP contribution in [0.2, 0.25) is 0 Å². The normalized spacial score (nSPS) is 28.8. The molecule has 0 aromatic carbocycles. The molecule has 14 heavy (non-hydrogen) atoms. The monoisotopic (exact) mass is 219 g/mol. The molecule has 0 bridgehead atoms. The van der Waals surface area contributed by atoms with Gasteiger partial charge in [0.25, 0.3) is 0 Å². The molecule has 1 aliphatic carbocycles. The maximum Gasteiger partial charge on any atom is 0.224 e. The number of nitrogens with one attached hydrogen (secondary N) is 1. The highest BCUT2D eigenvalue weighted by atomic mass is 35.5. The molecule has 3 unspecified atom stereocenters. The first-order valence-corrected chi connectivity index (χ1v) is 5.61. The molecule has 0 aliphatic heterocycles. The van der Waals surface area contributed by atoms with Gasteiger partial charge < -0.3 is 10.1 Å². The summed E-state index contributed by atoms with van der Waals surface area (Å²) < 4.78 is 5.29. The fourth-order valence-electron chi connectivity index (χ4n) is 1.77. The van der Waals surface area contributed by atoms with Crippen LogP contribution in [0.15, 0.2) is 0 Å². The molecule has 1 rings (SSSR count). The Kier molecular flexibility index (Phi) is 4.69. The fraction of sp³-hybridized carbons (Fsp3) is 0.900. The Morgan fingerprint density at radius 3 is 2.93 bits per heavy atom. The first-order valence-electron chi connectivity index (χ1n) is 5.08. The molecule has 0 radical (unpaired) electrons. The minimum absolute atomic E-state index is 0.0361. The maximum atomic E-state index is 11.5. The Bertz CT molecular complexity index is 199. The van der Waals surface area contributed by atoms with Crippen LogP contribution in [0.3, 0.4) is 0 Å². The maximum absolute atomic E-state index is 11.5. The first kappa shape index (κ1) is 11.8. The van der Waals surface area contributed by atoms with Crippen LogP contribution in [0.1, 0.15) is 26.2 Å². The van der Waals surface area contributed by atoms with Crippen molar-refractivity contribution in [2.75, 3.05) is 13.0 Å².